The van der Waals surface area contributed by atoms with Gasteiger partial charge in [-0.2, -0.15) is 4.99 Å². The summed E-state index contributed by atoms with van der Waals surface area (Å²) in [5.41, 5.74) is 8.87. The van der Waals surface area contributed by atoms with Gasteiger partial charge in [-0.05, 0) is 5.57 Å². The first-order valence-electron chi connectivity index (χ1n) is 10.1. The molecule has 5 N–H and O–H groups in total. The Balaban J connectivity index is 1.48. The van der Waals surface area contributed by atoms with Crippen molar-refractivity contribution in [3.05, 3.63) is 34.6 Å². The predicted octanol–water partition coefficient (Wildman–Crippen LogP) is -0.606. The van der Waals surface area contributed by atoms with Gasteiger partial charge in [0.2, 0.25) is 0 Å². The third kappa shape index (κ3) is 4.76. The Bertz CT molecular complexity index is 1260. The number of nitrogens with one attached hydrogen (secondary N) is 2. The van der Waals surface area contributed by atoms with Crippen molar-refractivity contribution in [1.82, 2.24) is 25.6 Å². The van der Waals surface area contributed by atoms with Crippen molar-refractivity contribution in [2.24, 2.45) is 10.1 Å². The number of hydrazine groups is 1. The number of thioether (sulfide) groups is 2. The average molecular weight is 553 g/mol. The minimum absolute atomic E-state index is 0.125. The lowest BCUT2D eigenvalue weighted by Gasteiger charge is -2.49. The zero-order valence-corrected chi connectivity index (χ0v) is 21.3. The quantitative estimate of drug-likeness (QED) is 0.145. The Hall–Kier alpha value is -3.57. The van der Waals surface area contributed by atoms with Crippen LogP contribution in [0.5, 0.6) is 0 Å². The molecule has 1 aromatic rings. The number of carboxylic acids is 1. The van der Waals surface area contributed by atoms with Crippen molar-refractivity contribution in [3.63, 3.8) is 0 Å². The van der Waals surface area contributed by atoms with E-state index in [-0.39, 0.29) is 33.7 Å². The van der Waals surface area contributed by atoms with Gasteiger partial charge in [0.15, 0.2) is 16.0 Å². The van der Waals surface area contributed by atoms with Crippen LogP contribution in [0.3, 0.4) is 0 Å². The lowest BCUT2D eigenvalue weighted by Crippen LogP contribution is -2.71. The molecule has 0 aliphatic carbocycles. The number of carboxylic acid groups (broad SMARTS) is 1. The second kappa shape index (κ2) is 10.2. The van der Waals surface area contributed by atoms with Crippen LogP contribution in [0.1, 0.15) is 5.69 Å². The smallest absolute Gasteiger partial charge is 0.352 e. The molecule has 3 amide bonds. The van der Waals surface area contributed by atoms with E-state index < -0.39 is 35.1 Å². The molecule has 0 aromatic carbocycles. The van der Waals surface area contributed by atoms with Crippen molar-refractivity contribution >= 4 is 74.6 Å². The number of rotatable bonds is 7. The van der Waals surface area contributed by atoms with Gasteiger partial charge in [-0.1, -0.05) is 23.5 Å². The summed E-state index contributed by atoms with van der Waals surface area (Å²) >= 11 is 3.57. The number of carbonyl (C=O) groups is 4. The fourth-order valence-corrected chi connectivity index (χ4v) is 6.46. The summed E-state index contributed by atoms with van der Waals surface area (Å²) in [6, 6.07) is -0.967. The number of amidine groups is 1. The predicted molar refractivity (Wildman–Crippen MR) is 135 cm³/mol. The number of aromatic nitrogens is 1. The van der Waals surface area contributed by atoms with E-state index in [2.05, 4.69) is 32.5 Å². The highest BCUT2D eigenvalue weighted by molar-refractivity contribution is 8.14. The molecular weight excluding hydrogens is 532 g/mol. The van der Waals surface area contributed by atoms with Crippen molar-refractivity contribution in [2.75, 3.05) is 31.4 Å². The summed E-state index contributed by atoms with van der Waals surface area (Å²) in [5, 5.41) is 19.1. The molecule has 1 aromatic heterocycles. The molecule has 1 fully saturated rings. The summed E-state index contributed by atoms with van der Waals surface area (Å²) in [7, 11) is 2.91. The standard InChI is InChI=1S/C19H20N8O6S3/c1-7-13(28)23-19(26(2)24-7)36-5-8-4-34-16-11(15(30)27(16)12(8)17(31)32)22-14(29)10(25-33-3)9-6-35-18(20)21-9/h6,11,16,24H,1,4-5H2,2-3H3,(H2,20,21)(H,22,29)(H,31,32)/b25-10+/t11-,16-/m0/s1. The zero-order chi connectivity index (χ0) is 26.1. The molecule has 0 spiro atoms. The van der Waals surface area contributed by atoms with Gasteiger partial charge in [0, 0.05) is 23.9 Å². The minimum atomic E-state index is -1.27. The van der Waals surface area contributed by atoms with Crippen LogP contribution in [0.2, 0.25) is 0 Å². The van der Waals surface area contributed by atoms with Crippen molar-refractivity contribution in [3.8, 4) is 0 Å². The van der Waals surface area contributed by atoms with Crippen molar-refractivity contribution in [2.45, 2.75) is 11.4 Å². The average Bonchev–Trinajstić information content (AvgIpc) is 3.27. The lowest BCUT2D eigenvalue weighted by molar-refractivity contribution is -0.150. The topological polar surface area (TPSA) is 192 Å². The number of hydrogen-bond acceptors (Lipinski definition) is 13. The van der Waals surface area contributed by atoms with Gasteiger partial charge in [0.05, 0.1) is 0 Å². The molecule has 190 valence electrons. The minimum Gasteiger partial charge on any atom is -0.477 e. The molecule has 0 radical (unpaired) electrons. The van der Waals surface area contributed by atoms with Crippen LogP contribution in [-0.4, -0.2) is 91.6 Å². The summed E-state index contributed by atoms with van der Waals surface area (Å²) < 4.78 is 0. The normalized spacial score (nSPS) is 22.0. The van der Waals surface area contributed by atoms with Gasteiger partial charge in [-0.15, -0.1) is 23.1 Å². The van der Waals surface area contributed by atoms with E-state index >= 15 is 0 Å². The number of nitrogen functional groups attached to an aromatic ring is 1. The first-order chi connectivity index (χ1) is 17.1. The van der Waals surface area contributed by atoms with Crippen LogP contribution in [-0.2, 0) is 24.0 Å². The zero-order valence-electron chi connectivity index (χ0n) is 18.9. The van der Waals surface area contributed by atoms with E-state index in [1.54, 1.807) is 7.05 Å². The molecule has 4 rings (SSSR count). The molecule has 3 aliphatic heterocycles. The van der Waals surface area contributed by atoms with E-state index in [1.807, 2.05) is 0 Å². The maximum absolute atomic E-state index is 12.9. The first-order valence-corrected chi connectivity index (χ1v) is 13.0. The maximum atomic E-state index is 12.9. The SMILES string of the molecule is C=C1NN(C)C(SCC2=C(C(=O)O)N3C(=O)[C@H](NC(=O)/C(=N/OC)c4csc(N)n4)[C@@H]3SC2)=NC1=O. The van der Waals surface area contributed by atoms with E-state index in [0.717, 1.165) is 28.0 Å². The van der Waals surface area contributed by atoms with Gasteiger partial charge in [-0.3, -0.25) is 29.7 Å². The fraction of sp³-hybridized carbons (Fsp3) is 0.316. The highest BCUT2D eigenvalue weighted by Gasteiger charge is 2.54. The van der Waals surface area contributed by atoms with E-state index in [9.17, 15) is 24.3 Å². The van der Waals surface area contributed by atoms with Gasteiger partial charge in [0.1, 0.15) is 35.6 Å². The van der Waals surface area contributed by atoms with Crippen LogP contribution in [0.25, 0.3) is 0 Å². The molecule has 0 unspecified atom stereocenters. The van der Waals surface area contributed by atoms with Crippen LogP contribution in [0.15, 0.2) is 39.1 Å². The number of nitrogens with zero attached hydrogens (tertiary/aromatic N) is 5. The number of oxime groups is 1. The second-order valence-corrected chi connectivity index (χ2v) is 10.4. The van der Waals surface area contributed by atoms with Gasteiger partial charge in [0.25, 0.3) is 17.7 Å². The van der Waals surface area contributed by atoms with Crippen LogP contribution >= 0.6 is 34.9 Å². The largest absolute Gasteiger partial charge is 0.477 e. The molecule has 1 saturated heterocycles. The van der Waals surface area contributed by atoms with E-state index in [4.69, 9.17) is 10.6 Å². The molecule has 0 bridgehead atoms. The molecule has 17 heteroatoms. The Morgan fingerprint density at radius 1 is 1.47 bits per heavy atom. The molecule has 14 nitrogen and oxygen atoms in total. The Morgan fingerprint density at radius 3 is 2.86 bits per heavy atom. The maximum Gasteiger partial charge on any atom is 0.352 e. The molecular formula is C19H20N8O6S3. The Morgan fingerprint density at radius 2 is 2.22 bits per heavy atom. The monoisotopic (exact) mass is 552 g/mol. The van der Waals surface area contributed by atoms with Crippen molar-refractivity contribution < 1.29 is 29.1 Å². The second-order valence-electron chi connectivity index (χ2n) is 7.45. The number of fused-ring (bicyclic) bond motifs is 1. The van der Waals surface area contributed by atoms with Gasteiger partial charge >= 0.3 is 5.97 Å². The molecule has 4 heterocycles. The summed E-state index contributed by atoms with van der Waals surface area (Å²) in [5.74, 6) is -2.59. The lowest BCUT2D eigenvalue weighted by atomic mass is 10.0. The number of thiazole rings is 1. The van der Waals surface area contributed by atoms with E-state index in [1.165, 1.54) is 29.3 Å². The molecule has 36 heavy (non-hydrogen) atoms. The van der Waals surface area contributed by atoms with Crippen LogP contribution in [0, 0.1) is 0 Å². The van der Waals surface area contributed by atoms with E-state index in [0.29, 0.717) is 16.5 Å². The summed E-state index contributed by atoms with van der Waals surface area (Å²) in [6.07, 6.45) is 0. The highest BCUT2D eigenvalue weighted by atomic mass is 32.2. The Kier molecular flexibility index (Phi) is 7.23. The number of amides is 3. The third-order valence-electron chi connectivity index (χ3n) is 5.12. The first kappa shape index (κ1) is 25.5. The van der Waals surface area contributed by atoms with Crippen molar-refractivity contribution in [1.29, 1.82) is 0 Å². The molecule has 2 atom stereocenters. The third-order valence-corrected chi connectivity index (χ3v) is 8.25. The highest BCUT2D eigenvalue weighted by Crippen LogP contribution is 2.41. The molecule has 3 aliphatic rings. The van der Waals surface area contributed by atoms with Crippen LogP contribution in [0.4, 0.5) is 5.13 Å². The van der Waals surface area contributed by atoms with Crippen LogP contribution < -0.4 is 16.5 Å². The number of nitrogens with two attached hydrogens (primary N) is 1. The number of carbonyl (C=O) groups excluding carboxylic acids is 3. The van der Waals surface area contributed by atoms with Gasteiger partial charge < -0.3 is 21.0 Å². The number of β-lactam (4-membered cyclic amide) rings is 1. The fourth-order valence-electron chi connectivity index (χ4n) is 3.50. The number of hydrogen-bond donors (Lipinski definition) is 4. The summed E-state index contributed by atoms with van der Waals surface area (Å²) in [6.45, 7) is 3.56. The number of aliphatic imine (C=N–C) groups is 1. The number of anilines is 1. The van der Waals surface area contributed by atoms with Gasteiger partial charge in [-0.25, -0.2) is 9.78 Å². The Labute approximate surface area is 216 Å². The number of aliphatic carboxylic acids is 1. The summed E-state index contributed by atoms with van der Waals surface area (Å²) in [4.78, 5) is 63.5. The molecule has 0 saturated carbocycles.